The number of fused-ring (bicyclic) bond motifs is 1. The first-order valence-corrected chi connectivity index (χ1v) is 10.2. The Morgan fingerprint density at radius 3 is 2.88 bits per heavy atom. The standard InChI is InChI=1S/C17H22N4O2S2/c1-5-8-25-17-19-16-18-11(4)12(15(22)23-6-2)13(21(16)20-17)14-10(3)7-9-24-14/h7,9,13H,5-6,8H2,1-4H3,(H,18,19,20). The van der Waals surface area contributed by atoms with Crippen LogP contribution in [0.1, 0.15) is 43.7 Å². The van der Waals surface area contributed by atoms with Crippen molar-refractivity contribution in [2.45, 2.75) is 45.3 Å². The summed E-state index contributed by atoms with van der Waals surface area (Å²) in [6.45, 7) is 8.22. The number of carbonyl (C=O) groups excluding carboxylic acids is 1. The first-order chi connectivity index (χ1) is 12.1. The number of thioether (sulfide) groups is 1. The fourth-order valence-corrected chi connectivity index (χ4v) is 4.47. The molecular weight excluding hydrogens is 356 g/mol. The van der Waals surface area contributed by atoms with Crippen LogP contribution in [0.4, 0.5) is 5.95 Å². The Morgan fingerprint density at radius 1 is 1.44 bits per heavy atom. The second kappa shape index (κ2) is 7.61. The molecule has 3 rings (SSSR count). The highest BCUT2D eigenvalue weighted by molar-refractivity contribution is 7.99. The molecule has 2 aromatic heterocycles. The lowest BCUT2D eigenvalue weighted by atomic mass is 10.00. The molecule has 1 unspecified atom stereocenters. The molecular formula is C17H22N4O2S2. The number of nitrogens with zero attached hydrogens (tertiary/aromatic N) is 3. The maximum absolute atomic E-state index is 12.6. The Morgan fingerprint density at radius 2 is 2.24 bits per heavy atom. The van der Waals surface area contributed by atoms with E-state index in [-0.39, 0.29) is 12.0 Å². The van der Waals surface area contributed by atoms with Crippen LogP contribution in [0.2, 0.25) is 0 Å². The van der Waals surface area contributed by atoms with Gasteiger partial charge in [-0.25, -0.2) is 9.48 Å². The number of allylic oxidation sites excluding steroid dienone is 1. The molecule has 8 heteroatoms. The zero-order valence-corrected chi connectivity index (χ0v) is 16.5. The molecule has 0 spiro atoms. The van der Waals surface area contributed by atoms with Crippen molar-refractivity contribution in [3.63, 3.8) is 0 Å². The van der Waals surface area contributed by atoms with Crippen LogP contribution in [0, 0.1) is 6.92 Å². The van der Waals surface area contributed by atoms with Crippen LogP contribution in [0.3, 0.4) is 0 Å². The summed E-state index contributed by atoms with van der Waals surface area (Å²) in [5.74, 6) is 1.32. The number of hydrogen-bond donors (Lipinski definition) is 1. The SMILES string of the molecule is CCCSc1nc2n(n1)C(c1sccc1C)C(C(=O)OCC)=C(C)N2. The fraction of sp³-hybridized carbons (Fsp3) is 0.471. The molecule has 1 N–H and O–H groups in total. The molecule has 3 heterocycles. The molecule has 6 nitrogen and oxygen atoms in total. The van der Waals surface area contributed by atoms with Crippen molar-refractivity contribution in [2.75, 3.05) is 17.7 Å². The molecule has 0 fully saturated rings. The zero-order valence-electron chi connectivity index (χ0n) is 14.8. The summed E-state index contributed by atoms with van der Waals surface area (Å²) in [6.07, 6.45) is 1.06. The highest BCUT2D eigenvalue weighted by Gasteiger charge is 2.36. The van der Waals surface area contributed by atoms with E-state index in [1.165, 1.54) is 0 Å². The van der Waals surface area contributed by atoms with E-state index in [0.29, 0.717) is 18.1 Å². The molecule has 1 aliphatic heterocycles. The third-order valence-corrected chi connectivity index (χ3v) is 6.03. The molecule has 1 atom stereocenters. The van der Waals surface area contributed by atoms with Crippen molar-refractivity contribution in [3.8, 4) is 0 Å². The molecule has 0 amide bonds. The average Bonchev–Trinajstić information content (AvgIpc) is 3.17. The van der Waals surface area contributed by atoms with Crippen molar-refractivity contribution in [1.29, 1.82) is 0 Å². The largest absolute Gasteiger partial charge is 0.463 e. The Kier molecular flexibility index (Phi) is 5.48. The van der Waals surface area contributed by atoms with Crippen LogP contribution in [0.15, 0.2) is 27.9 Å². The summed E-state index contributed by atoms with van der Waals surface area (Å²) >= 11 is 3.25. The number of ether oxygens (including phenoxy) is 1. The topological polar surface area (TPSA) is 69.0 Å². The monoisotopic (exact) mass is 378 g/mol. The second-order valence-corrected chi connectivity index (χ2v) is 7.78. The molecule has 1 aliphatic rings. The van der Waals surface area contributed by atoms with Gasteiger partial charge in [0.15, 0.2) is 0 Å². The van der Waals surface area contributed by atoms with Gasteiger partial charge in [0.1, 0.15) is 6.04 Å². The van der Waals surface area contributed by atoms with Gasteiger partial charge in [0.25, 0.3) is 0 Å². The molecule has 0 radical (unpaired) electrons. The number of nitrogens with one attached hydrogen (secondary N) is 1. The summed E-state index contributed by atoms with van der Waals surface area (Å²) in [5, 5.41) is 10.6. The van der Waals surface area contributed by atoms with E-state index in [1.807, 2.05) is 23.9 Å². The minimum absolute atomic E-state index is 0.307. The maximum Gasteiger partial charge on any atom is 0.338 e. The molecule has 0 bridgehead atoms. The quantitative estimate of drug-likeness (QED) is 0.605. The number of aromatic nitrogens is 3. The summed E-state index contributed by atoms with van der Waals surface area (Å²) in [4.78, 5) is 18.3. The van der Waals surface area contributed by atoms with E-state index >= 15 is 0 Å². The van der Waals surface area contributed by atoms with Crippen molar-refractivity contribution >= 4 is 35.0 Å². The predicted octanol–water partition coefficient (Wildman–Crippen LogP) is 4.00. The average molecular weight is 379 g/mol. The van der Waals surface area contributed by atoms with Crippen molar-refractivity contribution in [2.24, 2.45) is 0 Å². The zero-order chi connectivity index (χ0) is 18.0. The van der Waals surface area contributed by atoms with Crippen LogP contribution < -0.4 is 5.32 Å². The second-order valence-electron chi connectivity index (χ2n) is 5.77. The van der Waals surface area contributed by atoms with E-state index in [2.05, 4.69) is 35.3 Å². The van der Waals surface area contributed by atoms with Crippen LogP contribution >= 0.6 is 23.1 Å². The van der Waals surface area contributed by atoms with Crippen molar-refractivity contribution in [1.82, 2.24) is 14.8 Å². The molecule has 134 valence electrons. The first-order valence-electron chi connectivity index (χ1n) is 8.35. The lowest BCUT2D eigenvalue weighted by Gasteiger charge is -2.27. The van der Waals surface area contributed by atoms with E-state index < -0.39 is 0 Å². The van der Waals surface area contributed by atoms with Gasteiger partial charge in [0, 0.05) is 16.3 Å². The minimum Gasteiger partial charge on any atom is -0.463 e. The van der Waals surface area contributed by atoms with E-state index in [9.17, 15) is 4.79 Å². The highest BCUT2D eigenvalue weighted by Crippen LogP contribution is 2.39. The van der Waals surface area contributed by atoms with Gasteiger partial charge in [0.05, 0.1) is 12.2 Å². The molecule has 25 heavy (non-hydrogen) atoms. The summed E-state index contributed by atoms with van der Waals surface area (Å²) in [7, 11) is 0. The number of hydrogen-bond acceptors (Lipinski definition) is 7. The Labute approximate surface area is 155 Å². The normalized spacial score (nSPS) is 16.6. The number of esters is 1. The number of aryl methyl sites for hydroxylation is 1. The van der Waals surface area contributed by atoms with Crippen LogP contribution in [-0.2, 0) is 9.53 Å². The molecule has 0 aliphatic carbocycles. The third kappa shape index (κ3) is 3.46. The minimum atomic E-state index is -0.311. The maximum atomic E-state index is 12.6. The van der Waals surface area contributed by atoms with E-state index in [0.717, 1.165) is 33.5 Å². The lowest BCUT2D eigenvalue weighted by Crippen LogP contribution is -2.29. The third-order valence-electron chi connectivity index (χ3n) is 3.91. The van der Waals surface area contributed by atoms with Gasteiger partial charge >= 0.3 is 5.97 Å². The van der Waals surface area contributed by atoms with Crippen molar-refractivity contribution < 1.29 is 9.53 Å². The molecule has 0 saturated heterocycles. The number of thiophene rings is 1. The van der Waals surface area contributed by atoms with Gasteiger partial charge in [-0.2, -0.15) is 4.98 Å². The fourth-order valence-electron chi connectivity index (χ4n) is 2.77. The predicted molar refractivity (Wildman–Crippen MR) is 101 cm³/mol. The molecule has 2 aromatic rings. The van der Waals surface area contributed by atoms with Crippen LogP contribution in [0.25, 0.3) is 0 Å². The summed E-state index contributed by atoms with van der Waals surface area (Å²) in [5.41, 5.74) is 2.50. The summed E-state index contributed by atoms with van der Waals surface area (Å²) in [6, 6.07) is 1.75. The number of rotatable bonds is 6. The van der Waals surface area contributed by atoms with Gasteiger partial charge in [-0.15, -0.1) is 16.4 Å². The molecule has 0 saturated carbocycles. The Balaban J connectivity index is 2.09. The molecule has 0 aromatic carbocycles. The van der Waals surface area contributed by atoms with Gasteiger partial charge in [-0.1, -0.05) is 18.7 Å². The van der Waals surface area contributed by atoms with E-state index in [4.69, 9.17) is 4.74 Å². The van der Waals surface area contributed by atoms with Crippen LogP contribution in [-0.4, -0.2) is 33.1 Å². The van der Waals surface area contributed by atoms with Crippen molar-refractivity contribution in [3.05, 3.63) is 33.2 Å². The Bertz CT molecular complexity index is 809. The van der Waals surface area contributed by atoms with Gasteiger partial charge < -0.3 is 10.1 Å². The smallest absolute Gasteiger partial charge is 0.338 e. The first kappa shape index (κ1) is 18.0. The number of carbonyl (C=O) groups is 1. The van der Waals surface area contributed by atoms with Crippen LogP contribution in [0.5, 0.6) is 0 Å². The lowest BCUT2D eigenvalue weighted by molar-refractivity contribution is -0.139. The van der Waals surface area contributed by atoms with Gasteiger partial charge in [0.2, 0.25) is 11.1 Å². The Hall–Kier alpha value is -1.80. The van der Waals surface area contributed by atoms with Gasteiger partial charge in [-0.3, -0.25) is 0 Å². The van der Waals surface area contributed by atoms with Gasteiger partial charge in [-0.05, 0) is 44.2 Å². The highest BCUT2D eigenvalue weighted by atomic mass is 32.2. The number of anilines is 1. The van der Waals surface area contributed by atoms with E-state index in [1.54, 1.807) is 23.1 Å². The summed E-state index contributed by atoms with van der Waals surface area (Å²) < 4.78 is 7.12.